The Kier molecular flexibility index (Phi) is 2.32. The number of nitrogens with zero attached hydrogens (tertiary/aromatic N) is 2. The first-order chi connectivity index (χ1) is 7.59. The Morgan fingerprint density at radius 2 is 2.19 bits per heavy atom. The number of hydrogen-bond donors (Lipinski definition) is 2. The predicted molar refractivity (Wildman–Crippen MR) is 56.5 cm³/mol. The lowest BCUT2D eigenvalue weighted by molar-refractivity contribution is -0.114. The lowest BCUT2D eigenvalue weighted by Gasteiger charge is -1.97. The molecule has 2 rings (SSSR count). The third kappa shape index (κ3) is 1.60. The average Bonchev–Trinajstić information content (AvgIpc) is 2.53. The molecule has 0 aliphatic heterocycles. The second-order valence-electron chi connectivity index (χ2n) is 3.24. The van der Waals surface area contributed by atoms with Crippen LogP contribution in [0.25, 0.3) is 5.52 Å². The molecule has 0 fully saturated rings. The van der Waals surface area contributed by atoms with E-state index in [0.717, 1.165) is 0 Å². The van der Waals surface area contributed by atoms with Crippen LogP contribution < -0.4 is 5.32 Å². The van der Waals surface area contributed by atoms with Gasteiger partial charge in [-0.3, -0.25) is 4.79 Å². The Morgan fingerprint density at radius 3 is 2.81 bits per heavy atom. The summed E-state index contributed by atoms with van der Waals surface area (Å²) in [5, 5.41) is 15.4. The van der Waals surface area contributed by atoms with Crippen molar-refractivity contribution in [1.82, 2.24) is 9.61 Å². The molecule has 6 nitrogen and oxygen atoms in total. The van der Waals surface area contributed by atoms with Gasteiger partial charge in [-0.05, 0) is 12.1 Å². The maximum absolute atomic E-state index is 11.1. The highest BCUT2D eigenvalue weighted by Crippen LogP contribution is 2.19. The van der Waals surface area contributed by atoms with E-state index in [4.69, 9.17) is 5.11 Å². The summed E-state index contributed by atoms with van der Waals surface area (Å²) >= 11 is 0. The van der Waals surface area contributed by atoms with Gasteiger partial charge in [-0.15, -0.1) is 5.10 Å². The van der Waals surface area contributed by atoms with Gasteiger partial charge >= 0.3 is 5.97 Å². The van der Waals surface area contributed by atoms with E-state index in [1.54, 1.807) is 24.4 Å². The number of aromatic carboxylic acids is 1. The standard InChI is InChI=1S/C10H9N3O3/c1-6(14)11-9-8(10(15)16)7-4-2-3-5-13(7)12-9/h2-5H,1H3,(H,15,16)(H,11,12,14). The highest BCUT2D eigenvalue weighted by molar-refractivity contribution is 6.04. The second-order valence-corrected chi connectivity index (χ2v) is 3.24. The van der Waals surface area contributed by atoms with Crippen LogP contribution in [0.15, 0.2) is 24.4 Å². The molecular weight excluding hydrogens is 210 g/mol. The number of carbonyl (C=O) groups is 2. The first kappa shape index (κ1) is 10.2. The molecule has 0 unspecified atom stereocenters. The first-order valence-electron chi connectivity index (χ1n) is 4.58. The topological polar surface area (TPSA) is 83.7 Å². The van der Waals surface area contributed by atoms with Crippen LogP contribution in [0, 0.1) is 0 Å². The minimum Gasteiger partial charge on any atom is -0.477 e. The number of anilines is 1. The van der Waals surface area contributed by atoms with Crippen molar-refractivity contribution in [2.75, 3.05) is 5.32 Å². The van der Waals surface area contributed by atoms with Gasteiger partial charge in [0.25, 0.3) is 0 Å². The second kappa shape index (κ2) is 3.65. The number of nitrogens with one attached hydrogen (secondary N) is 1. The van der Waals surface area contributed by atoms with Gasteiger partial charge in [0.1, 0.15) is 5.56 Å². The van der Waals surface area contributed by atoms with Gasteiger partial charge in [0.2, 0.25) is 5.91 Å². The van der Waals surface area contributed by atoms with E-state index in [2.05, 4.69) is 10.4 Å². The van der Waals surface area contributed by atoms with E-state index in [1.807, 2.05) is 0 Å². The van der Waals surface area contributed by atoms with E-state index < -0.39 is 5.97 Å². The number of carboxylic acids is 1. The third-order valence-electron chi connectivity index (χ3n) is 2.05. The summed E-state index contributed by atoms with van der Waals surface area (Å²) in [6, 6.07) is 5.06. The summed E-state index contributed by atoms with van der Waals surface area (Å²) in [6.07, 6.45) is 1.62. The Balaban J connectivity index is 2.68. The van der Waals surface area contributed by atoms with Gasteiger partial charge in [0.15, 0.2) is 5.82 Å². The molecule has 0 atom stereocenters. The molecule has 0 saturated heterocycles. The maximum Gasteiger partial charge on any atom is 0.341 e. The molecule has 0 spiro atoms. The molecule has 0 saturated carbocycles. The van der Waals surface area contributed by atoms with Gasteiger partial charge in [-0.1, -0.05) is 6.07 Å². The number of hydrogen-bond acceptors (Lipinski definition) is 3. The molecule has 6 heteroatoms. The number of aromatic nitrogens is 2. The number of carboxylic acid groups (broad SMARTS) is 1. The summed E-state index contributed by atoms with van der Waals surface area (Å²) in [5.74, 6) is -1.41. The van der Waals surface area contributed by atoms with Crippen LogP contribution in [0.5, 0.6) is 0 Å². The van der Waals surface area contributed by atoms with Crippen LogP contribution in [-0.4, -0.2) is 26.6 Å². The Bertz CT molecular complexity index is 574. The van der Waals surface area contributed by atoms with Crippen LogP contribution in [-0.2, 0) is 4.79 Å². The zero-order valence-corrected chi connectivity index (χ0v) is 8.47. The van der Waals surface area contributed by atoms with E-state index in [1.165, 1.54) is 11.4 Å². The molecular formula is C10H9N3O3. The van der Waals surface area contributed by atoms with E-state index in [0.29, 0.717) is 5.52 Å². The van der Waals surface area contributed by atoms with Crippen molar-refractivity contribution in [3.8, 4) is 0 Å². The van der Waals surface area contributed by atoms with E-state index >= 15 is 0 Å². The monoisotopic (exact) mass is 219 g/mol. The average molecular weight is 219 g/mol. The maximum atomic E-state index is 11.1. The van der Waals surface area contributed by atoms with Gasteiger partial charge in [-0.2, -0.15) is 0 Å². The minimum absolute atomic E-state index is 0.00389. The predicted octanol–water partition coefficient (Wildman–Crippen LogP) is 0.991. The molecule has 0 aromatic carbocycles. The van der Waals surface area contributed by atoms with E-state index in [9.17, 15) is 9.59 Å². The third-order valence-corrected chi connectivity index (χ3v) is 2.05. The number of pyridine rings is 1. The summed E-state index contributed by atoms with van der Waals surface area (Å²) < 4.78 is 1.41. The quantitative estimate of drug-likeness (QED) is 0.788. The molecule has 2 heterocycles. The van der Waals surface area contributed by atoms with Crippen molar-refractivity contribution in [2.24, 2.45) is 0 Å². The molecule has 2 aromatic heterocycles. The molecule has 0 aliphatic rings. The number of rotatable bonds is 2. The summed E-state index contributed by atoms with van der Waals surface area (Å²) in [5.41, 5.74) is 0.439. The number of amides is 1. The zero-order chi connectivity index (χ0) is 11.7. The lowest BCUT2D eigenvalue weighted by Crippen LogP contribution is -2.10. The molecule has 0 bridgehead atoms. The summed E-state index contributed by atoms with van der Waals surface area (Å²) in [7, 11) is 0. The van der Waals surface area contributed by atoms with Crippen molar-refractivity contribution in [3.63, 3.8) is 0 Å². The molecule has 2 N–H and O–H groups in total. The fourth-order valence-electron chi connectivity index (χ4n) is 1.46. The van der Waals surface area contributed by atoms with Crippen LogP contribution in [0.2, 0.25) is 0 Å². The van der Waals surface area contributed by atoms with Crippen molar-refractivity contribution < 1.29 is 14.7 Å². The lowest BCUT2D eigenvalue weighted by atomic mass is 10.2. The summed E-state index contributed by atoms with van der Waals surface area (Å²) in [4.78, 5) is 22.0. The van der Waals surface area contributed by atoms with Crippen molar-refractivity contribution in [1.29, 1.82) is 0 Å². The molecule has 0 radical (unpaired) electrons. The Hall–Kier alpha value is -2.37. The SMILES string of the molecule is CC(=O)Nc1nn2ccccc2c1C(=O)O. The highest BCUT2D eigenvalue weighted by atomic mass is 16.4. The van der Waals surface area contributed by atoms with Crippen molar-refractivity contribution >= 4 is 23.2 Å². The van der Waals surface area contributed by atoms with E-state index in [-0.39, 0.29) is 17.3 Å². The van der Waals surface area contributed by atoms with Crippen LogP contribution in [0.3, 0.4) is 0 Å². The van der Waals surface area contributed by atoms with Crippen LogP contribution in [0.4, 0.5) is 5.82 Å². The molecule has 0 aliphatic carbocycles. The van der Waals surface area contributed by atoms with Crippen molar-refractivity contribution in [2.45, 2.75) is 6.92 Å². The van der Waals surface area contributed by atoms with Gasteiger partial charge in [0.05, 0.1) is 5.52 Å². The smallest absolute Gasteiger partial charge is 0.341 e. The van der Waals surface area contributed by atoms with Crippen LogP contribution in [0.1, 0.15) is 17.3 Å². The molecule has 16 heavy (non-hydrogen) atoms. The fourth-order valence-corrected chi connectivity index (χ4v) is 1.46. The van der Waals surface area contributed by atoms with Gasteiger partial charge < -0.3 is 10.4 Å². The molecule has 1 amide bonds. The highest BCUT2D eigenvalue weighted by Gasteiger charge is 2.19. The van der Waals surface area contributed by atoms with Gasteiger partial charge in [-0.25, -0.2) is 9.31 Å². The number of carbonyl (C=O) groups excluding carboxylic acids is 1. The first-order valence-corrected chi connectivity index (χ1v) is 4.58. The van der Waals surface area contributed by atoms with Crippen LogP contribution >= 0.6 is 0 Å². The molecule has 82 valence electrons. The fraction of sp³-hybridized carbons (Fsp3) is 0.100. The Morgan fingerprint density at radius 1 is 1.44 bits per heavy atom. The number of fused-ring (bicyclic) bond motifs is 1. The largest absolute Gasteiger partial charge is 0.477 e. The molecule has 2 aromatic rings. The zero-order valence-electron chi connectivity index (χ0n) is 8.47. The summed E-state index contributed by atoms with van der Waals surface area (Å²) in [6.45, 7) is 1.30. The normalized spacial score (nSPS) is 10.3. The van der Waals surface area contributed by atoms with Gasteiger partial charge in [0, 0.05) is 13.1 Å². The Labute approximate surface area is 90.5 Å². The van der Waals surface area contributed by atoms with Crippen molar-refractivity contribution in [3.05, 3.63) is 30.0 Å². The minimum atomic E-state index is -1.12.